The van der Waals surface area contributed by atoms with E-state index < -0.39 is 42.0 Å². The van der Waals surface area contributed by atoms with Gasteiger partial charge in [0.2, 0.25) is 0 Å². The van der Waals surface area contributed by atoms with Crippen LogP contribution in [-0.4, -0.2) is 25.2 Å². The number of rotatable bonds is 4. The van der Waals surface area contributed by atoms with Gasteiger partial charge in [-0.3, -0.25) is 4.21 Å². The van der Waals surface area contributed by atoms with E-state index in [4.69, 9.17) is 11.6 Å². The zero-order valence-electron chi connectivity index (χ0n) is 12.1. The summed E-state index contributed by atoms with van der Waals surface area (Å²) in [4.78, 5) is -0.841. The first-order valence-corrected chi connectivity index (χ1v) is 9.73. The third kappa shape index (κ3) is 3.73. The largest absolute Gasteiger partial charge is 0.498 e. The third-order valence-electron chi connectivity index (χ3n) is 2.96. The van der Waals surface area contributed by atoms with E-state index in [1.807, 2.05) is 0 Å². The molecule has 0 fully saturated rings. The molecule has 0 aliphatic heterocycles. The van der Waals surface area contributed by atoms with E-state index in [-0.39, 0.29) is 9.92 Å². The van der Waals surface area contributed by atoms with Crippen LogP contribution in [0.4, 0.5) is 18.9 Å². The second-order valence-electron chi connectivity index (χ2n) is 4.62. The molecule has 0 radical (unpaired) electrons. The zero-order valence-corrected chi connectivity index (χ0v) is 14.5. The van der Waals surface area contributed by atoms with E-state index in [2.05, 4.69) is 0 Å². The Morgan fingerprint density at radius 1 is 1.08 bits per heavy atom. The van der Waals surface area contributed by atoms with E-state index in [1.54, 1.807) is 0 Å². The Bertz CT molecular complexity index is 871. The maximum atomic E-state index is 13.6. The van der Waals surface area contributed by atoms with Crippen molar-refractivity contribution in [3.8, 4) is 0 Å². The van der Waals surface area contributed by atoms with Gasteiger partial charge in [-0.2, -0.15) is 4.31 Å². The number of hydrogen-bond donors (Lipinski definition) is 0. The number of hydrogen-bond acceptors (Lipinski definition) is 3. The van der Waals surface area contributed by atoms with Crippen molar-refractivity contribution >= 4 is 38.1 Å². The molecule has 0 spiro atoms. The summed E-state index contributed by atoms with van der Waals surface area (Å²) >= 11 is 5.72. The fourth-order valence-electron chi connectivity index (χ4n) is 1.99. The fraction of sp³-hybridized carbons (Fsp3) is 0.143. The highest BCUT2D eigenvalue weighted by Gasteiger charge is 2.47. The quantitative estimate of drug-likeness (QED) is 0.737. The van der Waals surface area contributed by atoms with Crippen LogP contribution in [0.25, 0.3) is 0 Å². The normalized spacial score (nSPS) is 13.5. The Morgan fingerprint density at radius 2 is 1.67 bits per heavy atom. The number of nitrogens with zero attached hydrogens (tertiary/aromatic N) is 1. The molecule has 0 aliphatic rings. The number of halogens is 4. The van der Waals surface area contributed by atoms with Crippen molar-refractivity contribution in [1.82, 2.24) is 0 Å². The summed E-state index contributed by atoms with van der Waals surface area (Å²) in [6, 6.07) is 9.34. The Kier molecular flexibility index (Phi) is 5.26. The predicted octanol–water partition coefficient (Wildman–Crippen LogP) is 3.79. The van der Waals surface area contributed by atoms with Crippen molar-refractivity contribution in [1.29, 1.82) is 0 Å². The minimum Gasteiger partial charge on any atom is -0.255 e. The molecule has 0 amide bonds. The van der Waals surface area contributed by atoms with Crippen LogP contribution >= 0.6 is 11.6 Å². The van der Waals surface area contributed by atoms with Gasteiger partial charge in [0.1, 0.15) is 0 Å². The summed E-state index contributed by atoms with van der Waals surface area (Å²) in [5.74, 6) is 0. The topological polar surface area (TPSA) is 54.5 Å². The molecule has 2 rings (SSSR count). The first-order valence-electron chi connectivity index (χ1n) is 6.35. The summed E-state index contributed by atoms with van der Waals surface area (Å²) in [6.07, 6.45) is -4.12. The molecule has 2 aromatic carbocycles. The average Bonchev–Trinajstić information content (AvgIpc) is 2.46. The lowest BCUT2D eigenvalue weighted by molar-refractivity contribution is -0.116. The first-order chi connectivity index (χ1) is 11.0. The van der Waals surface area contributed by atoms with Crippen molar-refractivity contribution in [2.45, 2.75) is 16.1 Å². The second-order valence-corrected chi connectivity index (χ2v) is 8.19. The SMILES string of the molecule is CS(=O)c1ccc(Cl)cc1N(C(F)(F)F)S(=O)(=O)c1ccccc1. The van der Waals surface area contributed by atoms with E-state index in [0.717, 1.165) is 30.5 Å². The zero-order chi connectivity index (χ0) is 18.1. The molecule has 4 nitrogen and oxygen atoms in total. The summed E-state index contributed by atoms with van der Waals surface area (Å²) < 4.78 is 76.8. The molecule has 10 heteroatoms. The van der Waals surface area contributed by atoms with Crippen LogP contribution in [0.2, 0.25) is 5.02 Å². The smallest absolute Gasteiger partial charge is 0.255 e. The van der Waals surface area contributed by atoms with Crippen LogP contribution in [0.3, 0.4) is 0 Å². The van der Waals surface area contributed by atoms with E-state index in [1.165, 1.54) is 24.3 Å². The van der Waals surface area contributed by atoms with Gasteiger partial charge in [0, 0.05) is 11.3 Å². The molecule has 0 saturated heterocycles. The monoisotopic (exact) mass is 397 g/mol. The molecule has 2 aromatic rings. The molecular formula is C14H11ClF3NO3S2. The van der Waals surface area contributed by atoms with Gasteiger partial charge in [-0.1, -0.05) is 29.8 Å². The van der Waals surface area contributed by atoms with Crippen LogP contribution in [0.5, 0.6) is 0 Å². The van der Waals surface area contributed by atoms with Gasteiger partial charge in [0.25, 0.3) is 10.0 Å². The second kappa shape index (κ2) is 6.73. The maximum Gasteiger partial charge on any atom is 0.498 e. The average molecular weight is 398 g/mol. The van der Waals surface area contributed by atoms with Crippen LogP contribution in [0, 0.1) is 0 Å². The minimum atomic E-state index is -5.27. The van der Waals surface area contributed by atoms with Crippen molar-refractivity contribution in [3.63, 3.8) is 0 Å². The molecule has 1 atom stereocenters. The highest BCUT2D eigenvalue weighted by molar-refractivity contribution is 7.93. The Labute approximate surface area is 144 Å². The van der Waals surface area contributed by atoms with E-state index >= 15 is 0 Å². The molecule has 0 aliphatic carbocycles. The van der Waals surface area contributed by atoms with Gasteiger partial charge in [-0.05, 0) is 30.3 Å². The van der Waals surface area contributed by atoms with Gasteiger partial charge >= 0.3 is 6.30 Å². The number of benzene rings is 2. The molecule has 0 bridgehead atoms. The number of alkyl halides is 3. The summed E-state index contributed by atoms with van der Waals surface area (Å²) in [5, 5.41) is -0.114. The van der Waals surface area contributed by atoms with Crippen LogP contribution in [-0.2, 0) is 20.8 Å². The lowest BCUT2D eigenvalue weighted by Crippen LogP contribution is -2.43. The third-order valence-corrected chi connectivity index (χ3v) is 5.91. The Hall–Kier alpha value is -1.58. The van der Waals surface area contributed by atoms with Crippen molar-refractivity contribution < 1.29 is 25.8 Å². The lowest BCUT2D eigenvalue weighted by atomic mass is 10.3. The summed E-state index contributed by atoms with van der Waals surface area (Å²) in [7, 11) is -6.83. The molecule has 1 unspecified atom stereocenters. The van der Waals surface area contributed by atoms with Crippen molar-refractivity contribution in [2.75, 3.05) is 10.6 Å². The fourth-order valence-corrected chi connectivity index (χ4v) is 4.32. The molecule has 0 saturated carbocycles. The standard InChI is InChI=1S/C14H11ClF3NO3S2/c1-23(20)13-8-7-10(15)9-12(13)19(14(16,17)18)24(21,22)11-5-3-2-4-6-11/h2-9H,1H3. The van der Waals surface area contributed by atoms with Crippen LogP contribution in [0.1, 0.15) is 0 Å². The summed E-state index contributed by atoms with van der Waals surface area (Å²) in [5.41, 5.74) is -0.792. The Morgan fingerprint density at radius 3 is 2.17 bits per heavy atom. The van der Waals surface area contributed by atoms with Gasteiger partial charge in [-0.25, -0.2) is 8.42 Å². The first kappa shape index (κ1) is 18.8. The van der Waals surface area contributed by atoms with Gasteiger partial charge < -0.3 is 0 Å². The van der Waals surface area contributed by atoms with Gasteiger partial charge in [0.15, 0.2) is 0 Å². The minimum absolute atomic E-state index is 0.114. The highest BCUT2D eigenvalue weighted by Crippen LogP contribution is 2.38. The number of sulfonamides is 1. The van der Waals surface area contributed by atoms with Gasteiger partial charge in [0.05, 0.1) is 26.3 Å². The molecular weight excluding hydrogens is 387 g/mol. The van der Waals surface area contributed by atoms with Crippen LogP contribution < -0.4 is 4.31 Å². The molecule has 0 heterocycles. The number of anilines is 1. The molecule has 130 valence electrons. The molecule has 0 N–H and O–H groups in total. The van der Waals surface area contributed by atoms with E-state index in [0.29, 0.717) is 0 Å². The van der Waals surface area contributed by atoms with Crippen molar-refractivity contribution in [3.05, 3.63) is 53.6 Å². The predicted molar refractivity (Wildman–Crippen MR) is 85.9 cm³/mol. The van der Waals surface area contributed by atoms with E-state index in [9.17, 15) is 25.8 Å². The van der Waals surface area contributed by atoms with Crippen LogP contribution in [0.15, 0.2) is 58.3 Å². The Balaban J connectivity index is 2.78. The molecule has 24 heavy (non-hydrogen) atoms. The molecule has 0 aromatic heterocycles. The summed E-state index contributed by atoms with van der Waals surface area (Å²) in [6.45, 7) is 0. The highest BCUT2D eigenvalue weighted by atomic mass is 35.5. The van der Waals surface area contributed by atoms with Crippen molar-refractivity contribution in [2.24, 2.45) is 0 Å². The maximum absolute atomic E-state index is 13.6. The lowest BCUT2D eigenvalue weighted by Gasteiger charge is -2.27. The van der Waals surface area contributed by atoms with Gasteiger partial charge in [-0.15, -0.1) is 13.2 Å².